The molecular formula is C22H22N2O5. The number of hydrogen-bond donors (Lipinski definition) is 1. The molecule has 0 saturated heterocycles. The zero-order valence-electron chi connectivity index (χ0n) is 16.3. The first-order chi connectivity index (χ1) is 14.0. The van der Waals surface area contributed by atoms with Gasteiger partial charge in [-0.3, -0.25) is 14.6 Å². The third kappa shape index (κ3) is 4.03. The number of Topliss-reactive ketones (excluding diaryl/α,β-unsaturated/α-hetero) is 1. The summed E-state index contributed by atoms with van der Waals surface area (Å²) >= 11 is 0. The molecule has 0 spiro atoms. The maximum atomic E-state index is 12.8. The Labute approximate surface area is 168 Å². The van der Waals surface area contributed by atoms with Gasteiger partial charge in [-0.2, -0.15) is 0 Å². The van der Waals surface area contributed by atoms with Crippen molar-refractivity contribution >= 4 is 17.7 Å². The zero-order valence-corrected chi connectivity index (χ0v) is 16.3. The van der Waals surface area contributed by atoms with Gasteiger partial charge in [-0.15, -0.1) is 0 Å². The second-order valence-electron chi connectivity index (χ2n) is 6.58. The van der Waals surface area contributed by atoms with Crippen LogP contribution in [0.25, 0.3) is 0 Å². The van der Waals surface area contributed by atoms with E-state index in [9.17, 15) is 19.5 Å². The van der Waals surface area contributed by atoms with Gasteiger partial charge in [0, 0.05) is 25.4 Å². The molecule has 29 heavy (non-hydrogen) atoms. The molecule has 7 heteroatoms. The van der Waals surface area contributed by atoms with Gasteiger partial charge in [0.05, 0.1) is 23.8 Å². The summed E-state index contributed by atoms with van der Waals surface area (Å²) in [5.41, 5.74) is 1.90. The number of benzene rings is 1. The van der Waals surface area contributed by atoms with Crippen LogP contribution in [0.4, 0.5) is 0 Å². The summed E-state index contributed by atoms with van der Waals surface area (Å²) in [5, 5.41) is 10.4. The summed E-state index contributed by atoms with van der Waals surface area (Å²) in [6.45, 7) is 3.86. The van der Waals surface area contributed by atoms with Gasteiger partial charge >= 0.3 is 5.97 Å². The molecular weight excluding hydrogens is 372 g/mol. The number of amides is 1. The van der Waals surface area contributed by atoms with E-state index in [1.54, 1.807) is 62.6 Å². The van der Waals surface area contributed by atoms with E-state index < -0.39 is 23.7 Å². The van der Waals surface area contributed by atoms with Crippen molar-refractivity contribution in [1.29, 1.82) is 0 Å². The molecule has 0 radical (unpaired) electrons. The second-order valence-corrected chi connectivity index (χ2v) is 6.58. The molecule has 1 aromatic heterocycles. The number of carbonyl (C=O) groups excluding carboxylic acids is 3. The standard InChI is InChI=1S/C22H22N2O5/c1-3-17(25)18-19(16-6-5-11-23-12-16)24(21(27)20(18)26)13-14-7-9-15(10-8-14)22(28)29-4-2/h5-12,19,26H,3-4,13H2,1-2H3. The fourth-order valence-electron chi connectivity index (χ4n) is 3.33. The van der Waals surface area contributed by atoms with Gasteiger partial charge < -0.3 is 14.7 Å². The summed E-state index contributed by atoms with van der Waals surface area (Å²) in [4.78, 5) is 42.6. The highest BCUT2D eigenvalue weighted by atomic mass is 16.5. The molecule has 1 aliphatic heterocycles. The highest BCUT2D eigenvalue weighted by Gasteiger charge is 2.42. The number of aliphatic hydroxyl groups excluding tert-OH is 1. The topological polar surface area (TPSA) is 96.8 Å². The van der Waals surface area contributed by atoms with Crippen LogP contribution in [0.5, 0.6) is 0 Å². The first kappa shape index (κ1) is 20.3. The van der Waals surface area contributed by atoms with Crippen LogP contribution < -0.4 is 0 Å². The molecule has 2 aromatic rings. The van der Waals surface area contributed by atoms with E-state index in [4.69, 9.17) is 4.74 Å². The van der Waals surface area contributed by atoms with Crippen LogP contribution in [0, 0.1) is 0 Å². The van der Waals surface area contributed by atoms with Gasteiger partial charge in [-0.1, -0.05) is 25.1 Å². The fourth-order valence-corrected chi connectivity index (χ4v) is 3.33. The Morgan fingerprint density at radius 2 is 1.90 bits per heavy atom. The molecule has 0 aliphatic carbocycles. The van der Waals surface area contributed by atoms with Crippen molar-refractivity contribution in [2.24, 2.45) is 0 Å². The maximum Gasteiger partial charge on any atom is 0.338 e. The van der Waals surface area contributed by atoms with E-state index >= 15 is 0 Å². The second kappa shape index (κ2) is 8.68. The molecule has 1 unspecified atom stereocenters. The molecule has 1 amide bonds. The molecule has 0 bridgehead atoms. The summed E-state index contributed by atoms with van der Waals surface area (Å²) in [7, 11) is 0. The number of nitrogens with zero attached hydrogens (tertiary/aromatic N) is 2. The van der Waals surface area contributed by atoms with Crippen LogP contribution in [0.15, 0.2) is 60.1 Å². The number of pyridine rings is 1. The van der Waals surface area contributed by atoms with Gasteiger partial charge in [0.25, 0.3) is 5.91 Å². The average molecular weight is 394 g/mol. The van der Waals surface area contributed by atoms with Gasteiger partial charge in [0.15, 0.2) is 11.5 Å². The van der Waals surface area contributed by atoms with E-state index in [-0.39, 0.29) is 30.9 Å². The molecule has 0 fully saturated rings. The minimum absolute atomic E-state index is 0.0913. The Balaban J connectivity index is 1.92. The molecule has 1 aromatic carbocycles. The predicted molar refractivity (Wildman–Crippen MR) is 105 cm³/mol. The highest BCUT2D eigenvalue weighted by Crippen LogP contribution is 2.38. The lowest BCUT2D eigenvalue weighted by Crippen LogP contribution is -2.30. The number of ether oxygens (including phenoxy) is 1. The molecule has 1 atom stereocenters. The summed E-state index contributed by atoms with van der Waals surface area (Å²) in [6.07, 6.45) is 3.35. The number of rotatable bonds is 7. The molecule has 2 heterocycles. The molecule has 1 N–H and O–H groups in total. The zero-order chi connectivity index (χ0) is 21.0. The van der Waals surface area contributed by atoms with Gasteiger partial charge in [-0.25, -0.2) is 4.79 Å². The van der Waals surface area contributed by atoms with Gasteiger partial charge in [-0.05, 0) is 36.2 Å². The van der Waals surface area contributed by atoms with Crippen molar-refractivity contribution in [3.63, 3.8) is 0 Å². The largest absolute Gasteiger partial charge is 0.503 e. The van der Waals surface area contributed by atoms with Crippen molar-refractivity contribution in [2.75, 3.05) is 6.61 Å². The first-order valence-electron chi connectivity index (χ1n) is 9.41. The number of ketones is 1. The highest BCUT2D eigenvalue weighted by molar-refractivity contribution is 6.08. The minimum Gasteiger partial charge on any atom is -0.503 e. The minimum atomic E-state index is -0.714. The number of aliphatic hydroxyl groups is 1. The van der Waals surface area contributed by atoms with Crippen LogP contribution in [0.1, 0.15) is 47.8 Å². The third-order valence-electron chi connectivity index (χ3n) is 4.74. The van der Waals surface area contributed by atoms with E-state index in [0.717, 1.165) is 5.56 Å². The number of aromatic nitrogens is 1. The third-order valence-corrected chi connectivity index (χ3v) is 4.74. The SMILES string of the molecule is CCOC(=O)c1ccc(CN2C(=O)C(O)=C(C(=O)CC)C2c2cccnc2)cc1. The Hall–Kier alpha value is -3.48. The normalized spacial score (nSPS) is 16.3. The first-order valence-corrected chi connectivity index (χ1v) is 9.41. The van der Waals surface area contributed by atoms with Gasteiger partial charge in [0.1, 0.15) is 0 Å². The predicted octanol–water partition coefficient (Wildman–Crippen LogP) is 3.13. The lowest BCUT2D eigenvalue weighted by molar-refractivity contribution is -0.130. The van der Waals surface area contributed by atoms with Crippen LogP contribution in [-0.4, -0.2) is 39.3 Å². The lowest BCUT2D eigenvalue weighted by atomic mass is 9.96. The maximum absolute atomic E-state index is 12.8. The number of esters is 1. The lowest BCUT2D eigenvalue weighted by Gasteiger charge is -2.26. The van der Waals surface area contributed by atoms with E-state index in [0.29, 0.717) is 11.1 Å². The Bertz CT molecular complexity index is 951. The van der Waals surface area contributed by atoms with E-state index in [1.165, 1.54) is 4.90 Å². The van der Waals surface area contributed by atoms with E-state index in [2.05, 4.69) is 4.98 Å². The molecule has 7 nitrogen and oxygen atoms in total. The molecule has 150 valence electrons. The van der Waals surface area contributed by atoms with Crippen LogP contribution in [-0.2, 0) is 20.9 Å². The number of hydrogen-bond acceptors (Lipinski definition) is 6. The van der Waals surface area contributed by atoms with Crippen molar-refractivity contribution in [3.05, 3.63) is 76.8 Å². The Morgan fingerprint density at radius 1 is 1.17 bits per heavy atom. The van der Waals surface area contributed by atoms with Crippen molar-refractivity contribution in [2.45, 2.75) is 32.9 Å². The smallest absolute Gasteiger partial charge is 0.338 e. The molecule has 0 saturated carbocycles. The van der Waals surface area contributed by atoms with Crippen molar-refractivity contribution < 1.29 is 24.2 Å². The Kier molecular flexibility index (Phi) is 6.07. The monoisotopic (exact) mass is 394 g/mol. The Morgan fingerprint density at radius 3 is 2.48 bits per heavy atom. The molecule has 3 rings (SSSR count). The van der Waals surface area contributed by atoms with Crippen LogP contribution in [0.3, 0.4) is 0 Å². The number of carbonyl (C=O) groups is 3. The summed E-state index contributed by atoms with van der Waals surface area (Å²) < 4.78 is 4.97. The quantitative estimate of drug-likeness (QED) is 0.725. The van der Waals surface area contributed by atoms with Gasteiger partial charge in [0.2, 0.25) is 0 Å². The van der Waals surface area contributed by atoms with Crippen LogP contribution >= 0.6 is 0 Å². The van der Waals surface area contributed by atoms with E-state index in [1.807, 2.05) is 0 Å². The fraction of sp³-hybridized carbons (Fsp3) is 0.273. The van der Waals surface area contributed by atoms with Crippen molar-refractivity contribution in [3.8, 4) is 0 Å². The summed E-state index contributed by atoms with van der Waals surface area (Å²) in [6, 6.07) is 9.45. The average Bonchev–Trinajstić information content (AvgIpc) is 2.99. The van der Waals surface area contributed by atoms with Crippen LogP contribution in [0.2, 0.25) is 0 Å². The molecule has 1 aliphatic rings. The van der Waals surface area contributed by atoms with Crippen molar-refractivity contribution in [1.82, 2.24) is 9.88 Å². The summed E-state index contributed by atoms with van der Waals surface area (Å²) in [5.74, 6) is -1.83.